The zero-order valence-corrected chi connectivity index (χ0v) is 34.2. The monoisotopic (exact) mass is 826 g/mol. The van der Waals surface area contributed by atoms with E-state index in [-0.39, 0.29) is 25.3 Å². The molecule has 7 rings (SSSR count). The van der Waals surface area contributed by atoms with E-state index in [1.165, 1.54) is 12.0 Å². The molecule has 0 fully saturated rings. The SMILES string of the molecule is COC(=O)[C@H](Cc1ccc(-c2ccc(C#N)cc2)cc1)NC(=O)C1Cc2cc3c(cc2CN1C(=O)OC(C)(C)C)OC(c1ccc(OCc2ccc(Cl)cc2)cc1)C(=O)N3. The van der Waals surface area contributed by atoms with Gasteiger partial charge in [0.15, 0.2) is 0 Å². The van der Waals surface area contributed by atoms with Gasteiger partial charge >= 0.3 is 12.1 Å². The molecule has 60 heavy (non-hydrogen) atoms. The molecule has 306 valence electrons. The number of carbonyl (C=O) groups excluding carboxylic acids is 4. The van der Waals surface area contributed by atoms with Gasteiger partial charge in [0.25, 0.3) is 5.91 Å². The topological polar surface area (TPSA) is 156 Å². The van der Waals surface area contributed by atoms with Crippen LogP contribution in [0.5, 0.6) is 11.5 Å². The number of amides is 3. The average Bonchev–Trinajstić information content (AvgIpc) is 3.24. The first-order chi connectivity index (χ1) is 28.8. The fourth-order valence-corrected chi connectivity index (χ4v) is 7.18. The summed E-state index contributed by atoms with van der Waals surface area (Å²) in [6.07, 6.45) is -1.46. The van der Waals surface area contributed by atoms with Crippen LogP contribution < -0.4 is 20.1 Å². The molecule has 0 radical (unpaired) electrons. The molecule has 0 saturated heterocycles. The van der Waals surface area contributed by atoms with Crippen LogP contribution in [0.2, 0.25) is 5.02 Å². The predicted molar refractivity (Wildman–Crippen MR) is 224 cm³/mol. The molecular formula is C47H43ClN4O8. The van der Waals surface area contributed by atoms with Gasteiger partial charge in [0.1, 0.15) is 35.8 Å². The highest BCUT2D eigenvalue weighted by Crippen LogP contribution is 2.40. The Balaban J connectivity index is 1.08. The average molecular weight is 827 g/mol. The summed E-state index contributed by atoms with van der Waals surface area (Å²) in [5.41, 5.74) is 5.73. The molecule has 0 bridgehead atoms. The van der Waals surface area contributed by atoms with Gasteiger partial charge in [-0.2, -0.15) is 5.26 Å². The highest BCUT2D eigenvalue weighted by molar-refractivity contribution is 6.30. The Kier molecular flexibility index (Phi) is 12.1. The fraction of sp³-hybridized carbons (Fsp3) is 0.255. The van der Waals surface area contributed by atoms with Crippen molar-refractivity contribution in [3.05, 3.63) is 148 Å². The largest absolute Gasteiger partial charge is 0.489 e. The Labute approximate surface area is 353 Å². The maximum Gasteiger partial charge on any atom is 0.411 e. The summed E-state index contributed by atoms with van der Waals surface area (Å²) in [6.45, 7) is 5.56. The first-order valence-electron chi connectivity index (χ1n) is 19.3. The maximum absolute atomic E-state index is 14.2. The van der Waals surface area contributed by atoms with Crippen LogP contribution in [0.25, 0.3) is 11.1 Å². The summed E-state index contributed by atoms with van der Waals surface area (Å²) < 4.78 is 23.0. The van der Waals surface area contributed by atoms with Gasteiger partial charge in [0.05, 0.1) is 31.0 Å². The number of methoxy groups -OCH3 is 1. The van der Waals surface area contributed by atoms with E-state index >= 15 is 0 Å². The van der Waals surface area contributed by atoms with Crippen LogP contribution in [0, 0.1) is 11.3 Å². The Morgan fingerprint density at radius 2 is 1.57 bits per heavy atom. The molecule has 3 amide bonds. The molecule has 3 atom stereocenters. The normalized spacial score (nSPS) is 16.1. The maximum atomic E-state index is 14.2. The summed E-state index contributed by atoms with van der Waals surface area (Å²) in [4.78, 5) is 55.8. The zero-order chi connectivity index (χ0) is 42.6. The highest BCUT2D eigenvalue weighted by Gasteiger charge is 2.40. The lowest BCUT2D eigenvalue weighted by molar-refractivity contribution is -0.145. The lowest BCUT2D eigenvalue weighted by atomic mass is 9.91. The van der Waals surface area contributed by atoms with Crippen LogP contribution >= 0.6 is 11.6 Å². The summed E-state index contributed by atoms with van der Waals surface area (Å²) in [6, 6.07) is 32.7. The molecule has 13 heteroatoms. The number of esters is 1. The number of anilines is 1. The number of fused-ring (bicyclic) bond motifs is 2. The Bertz CT molecular complexity index is 2440. The zero-order valence-electron chi connectivity index (χ0n) is 33.5. The first-order valence-corrected chi connectivity index (χ1v) is 19.7. The van der Waals surface area contributed by atoms with Crippen molar-refractivity contribution in [2.24, 2.45) is 0 Å². The van der Waals surface area contributed by atoms with Gasteiger partial charge in [-0.3, -0.25) is 14.5 Å². The molecule has 2 unspecified atom stereocenters. The summed E-state index contributed by atoms with van der Waals surface area (Å²) >= 11 is 5.99. The van der Waals surface area contributed by atoms with E-state index in [0.29, 0.717) is 51.1 Å². The summed E-state index contributed by atoms with van der Waals surface area (Å²) in [7, 11) is 1.25. The van der Waals surface area contributed by atoms with Crippen molar-refractivity contribution in [1.82, 2.24) is 10.2 Å². The number of ether oxygens (including phenoxy) is 4. The molecule has 0 spiro atoms. The second kappa shape index (κ2) is 17.6. The molecule has 2 N–H and O–H groups in total. The molecule has 0 aliphatic carbocycles. The second-order valence-corrected chi connectivity index (χ2v) is 16.0. The lowest BCUT2D eigenvalue weighted by Crippen LogP contribution is -2.56. The smallest absolute Gasteiger partial charge is 0.411 e. The molecule has 0 aromatic heterocycles. The van der Waals surface area contributed by atoms with Crippen LogP contribution in [0.3, 0.4) is 0 Å². The van der Waals surface area contributed by atoms with Gasteiger partial charge in [0.2, 0.25) is 12.0 Å². The standard InChI is InChI=1S/C47H43ClN4O8/c1-47(2,3)60-46(56)52-26-35-24-41-38(50-44(54)42(59-41)33-15-19-37(20-16-33)58-27-30-9-17-36(48)18-10-30)22-34(35)23-40(52)43(53)51-39(45(55)57-4)21-28-5-11-31(12-6-28)32-13-7-29(25-49)8-14-32/h5-20,22,24,39-40,42H,21,23,26-27H2,1-4H3,(H,50,54)(H,51,53)/t39-,40?,42?/m0/s1. The number of nitriles is 1. The Morgan fingerprint density at radius 1 is 0.917 bits per heavy atom. The van der Waals surface area contributed by atoms with E-state index in [2.05, 4.69) is 16.7 Å². The van der Waals surface area contributed by atoms with Crippen molar-refractivity contribution in [2.45, 2.75) is 70.6 Å². The third-order valence-corrected chi connectivity index (χ3v) is 10.4. The van der Waals surface area contributed by atoms with E-state index in [1.807, 2.05) is 48.5 Å². The molecule has 2 aliphatic heterocycles. The van der Waals surface area contributed by atoms with Crippen molar-refractivity contribution >= 4 is 41.2 Å². The number of nitrogens with one attached hydrogen (secondary N) is 2. The van der Waals surface area contributed by atoms with Crippen molar-refractivity contribution in [3.63, 3.8) is 0 Å². The van der Waals surface area contributed by atoms with Crippen molar-refractivity contribution in [3.8, 4) is 28.7 Å². The van der Waals surface area contributed by atoms with Crippen LogP contribution in [-0.4, -0.2) is 53.6 Å². The number of nitrogens with zero attached hydrogens (tertiary/aromatic N) is 2. The van der Waals surface area contributed by atoms with Crippen LogP contribution in [-0.2, 0) is 49.9 Å². The lowest BCUT2D eigenvalue weighted by Gasteiger charge is -2.38. The van der Waals surface area contributed by atoms with E-state index in [4.69, 9.17) is 35.8 Å². The van der Waals surface area contributed by atoms with Crippen LogP contribution in [0.15, 0.2) is 109 Å². The van der Waals surface area contributed by atoms with E-state index in [0.717, 1.165) is 22.3 Å². The van der Waals surface area contributed by atoms with Gasteiger partial charge in [0, 0.05) is 23.4 Å². The minimum atomic E-state index is -1.07. The number of rotatable bonds is 10. The Morgan fingerprint density at radius 3 is 2.20 bits per heavy atom. The molecule has 0 saturated carbocycles. The van der Waals surface area contributed by atoms with Gasteiger partial charge in [-0.25, -0.2) is 9.59 Å². The highest BCUT2D eigenvalue weighted by atomic mass is 35.5. The third-order valence-electron chi connectivity index (χ3n) is 10.1. The molecule has 12 nitrogen and oxygen atoms in total. The van der Waals surface area contributed by atoms with Crippen molar-refractivity contribution in [2.75, 3.05) is 12.4 Å². The van der Waals surface area contributed by atoms with Crippen LogP contribution in [0.4, 0.5) is 10.5 Å². The number of benzene rings is 5. The third kappa shape index (κ3) is 9.71. The predicted octanol–water partition coefficient (Wildman–Crippen LogP) is 8.09. The molecule has 5 aromatic rings. The summed E-state index contributed by atoms with van der Waals surface area (Å²) in [5.74, 6) is -0.571. The van der Waals surface area contributed by atoms with Crippen LogP contribution in [0.1, 0.15) is 60.3 Å². The van der Waals surface area contributed by atoms with Crippen molar-refractivity contribution < 1.29 is 38.1 Å². The molecular weight excluding hydrogens is 784 g/mol. The van der Waals surface area contributed by atoms with Gasteiger partial charge in [-0.05, 0) is 103 Å². The molecule has 2 heterocycles. The fourth-order valence-electron chi connectivity index (χ4n) is 7.05. The number of hydrogen-bond donors (Lipinski definition) is 2. The Hall–Kier alpha value is -6.84. The first kappa shape index (κ1) is 41.3. The van der Waals surface area contributed by atoms with Gasteiger partial charge in [-0.1, -0.05) is 72.3 Å². The second-order valence-electron chi connectivity index (χ2n) is 15.6. The van der Waals surface area contributed by atoms with Gasteiger partial charge in [-0.15, -0.1) is 0 Å². The van der Waals surface area contributed by atoms with Gasteiger partial charge < -0.3 is 29.6 Å². The molecule has 2 aliphatic rings. The van der Waals surface area contributed by atoms with E-state index in [1.54, 1.807) is 81.4 Å². The number of halogens is 1. The quantitative estimate of drug-likeness (QED) is 0.133. The number of hydrogen-bond acceptors (Lipinski definition) is 9. The molecule has 5 aromatic carbocycles. The van der Waals surface area contributed by atoms with E-state index < -0.39 is 41.8 Å². The number of carbonyl (C=O) groups is 4. The minimum absolute atomic E-state index is 0.00303. The van der Waals surface area contributed by atoms with E-state index in [9.17, 15) is 19.2 Å². The van der Waals surface area contributed by atoms with Crippen molar-refractivity contribution in [1.29, 1.82) is 5.26 Å². The minimum Gasteiger partial charge on any atom is -0.489 e. The summed E-state index contributed by atoms with van der Waals surface area (Å²) in [5, 5.41) is 15.6.